The van der Waals surface area contributed by atoms with Crippen molar-refractivity contribution in [1.29, 1.82) is 0 Å². The summed E-state index contributed by atoms with van der Waals surface area (Å²) in [6, 6.07) is 6.55. The summed E-state index contributed by atoms with van der Waals surface area (Å²) in [5.41, 5.74) is 1.47. The molecule has 1 spiro atoms. The Bertz CT molecular complexity index is 755. The van der Waals surface area contributed by atoms with E-state index >= 15 is 0 Å². The van der Waals surface area contributed by atoms with Crippen LogP contribution in [0.25, 0.3) is 0 Å². The highest BCUT2D eigenvalue weighted by atomic mass is 32.1. The Balaban J connectivity index is 1.36. The Morgan fingerprint density at radius 3 is 2.88 bits per heavy atom. The molecule has 1 aliphatic carbocycles. The first kappa shape index (κ1) is 16.7. The van der Waals surface area contributed by atoms with E-state index in [0.29, 0.717) is 12.1 Å². The number of ether oxygens (including phenoxy) is 1. The summed E-state index contributed by atoms with van der Waals surface area (Å²) in [7, 11) is 0. The monoisotopic (exact) mass is 360 g/mol. The Morgan fingerprint density at radius 2 is 2.16 bits per heavy atom. The van der Waals surface area contributed by atoms with Crippen molar-refractivity contribution in [2.45, 2.75) is 50.2 Å². The number of rotatable bonds is 4. The number of carbonyl (C=O) groups is 1. The third-order valence-electron chi connectivity index (χ3n) is 5.15. The van der Waals surface area contributed by atoms with Gasteiger partial charge in [0.2, 0.25) is 0 Å². The minimum Gasteiger partial charge on any atom is -0.375 e. The predicted octanol–water partition coefficient (Wildman–Crippen LogP) is 3.70. The number of nitrogens with zero attached hydrogens (tertiary/aromatic N) is 1. The minimum atomic E-state index is -0.247. The second-order valence-electron chi connectivity index (χ2n) is 6.98. The quantitative estimate of drug-likeness (QED) is 0.904. The largest absolute Gasteiger partial charge is 0.375 e. The van der Waals surface area contributed by atoms with E-state index < -0.39 is 0 Å². The predicted molar refractivity (Wildman–Crippen MR) is 94.3 cm³/mol. The lowest BCUT2D eigenvalue weighted by Gasteiger charge is -2.47. The van der Waals surface area contributed by atoms with Gasteiger partial charge in [-0.3, -0.25) is 4.79 Å². The maximum Gasteiger partial charge on any atom is 0.270 e. The molecule has 1 unspecified atom stereocenters. The van der Waals surface area contributed by atoms with E-state index in [4.69, 9.17) is 4.74 Å². The molecule has 1 amide bonds. The first-order chi connectivity index (χ1) is 12.1. The number of halogens is 1. The van der Waals surface area contributed by atoms with Crippen molar-refractivity contribution in [3.63, 3.8) is 0 Å². The van der Waals surface area contributed by atoms with E-state index in [-0.39, 0.29) is 23.4 Å². The van der Waals surface area contributed by atoms with Crippen LogP contribution in [0.15, 0.2) is 29.6 Å². The summed E-state index contributed by atoms with van der Waals surface area (Å²) in [5, 5.41) is 5.78. The van der Waals surface area contributed by atoms with Crippen LogP contribution in [0, 0.1) is 5.82 Å². The van der Waals surface area contributed by atoms with Crippen LogP contribution in [0.4, 0.5) is 4.39 Å². The average molecular weight is 360 g/mol. The molecule has 2 heterocycles. The molecule has 2 aromatic rings. The van der Waals surface area contributed by atoms with Crippen molar-refractivity contribution in [3.05, 3.63) is 51.7 Å². The van der Waals surface area contributed by atoms with E-state index in [0.717, 1.165) is 42.9 Å². The van der Waals surface area contributed by atoms with Gasteiger partial charge in [0.1, 0.15) is 11.5 Å². The Labute approximate surface area is 150 Å². The maximum atomic E-state index is 13.0. The fourth-order valence-corrected chi connectivity index (χ4v) is 4.41. The molecule has 1 saturated carbocycles. The number of carbonyl (C=O) groups excluding carboxylic acids is 1. The average Bonchev–Trinajstić information content (AvgIpc) is 3.04. The number of amides is 1. The highest BCUT2D eigenvalue weighted by Crippen LogP contribution is 2.42. The second kappa shape index (κ2) is 6.84. The summed E-state index contributed by atoms with van der Waals surface area (Å²) in [6.07, 6.45) is 5.82. The summed E-state index contributed by atoms with van der Waals surface area (Å²) in [4.78, 5) is 16.9. The molecule has 1 N–H and O–H groups in total. The Morgan fingerprint density at radius 1 is 1.36 bits per heavy atom. The van der Waals surface area contributed by atoms with E-state index in [9.17, 15) is 9.18 Å². The van der Waals surface area contributed by atoms with Crippen molar-refractivity contribution in [2.24, 2.45) is 0 Å². The fourth-order valence-electron chi connectivity index (χ4n) is 3.60. The van der Waals surface area contributed by atoms with E-state index in [2.05, 4.69) is 10.3 Å². The summed E-state index contributed by atoms with van der Waals surface area (Å²) in [5.74, 6) is -0.355. The van der Waals surface area contributed by atoms with E-state index in [1.165, 1.54) is 29.9 Å². The molecule has 1 atom stereocenters. The summed E-state index contributed by atoms with van der Waals surface area (Å²) < 4.78 is 18.9. The van der Waals surface area contributed by atoms with Crippen molar-refractivity contribution in [3.8, 4) is 0 Å². The molecular formula is C19H21FN2O2S. The number of hydrogen-bond donors (Lipinski definition) is 1. The van der Waals surface area contributed by atoms with Gasteiger partial charge in [0.25, 0.3) is 5.91 Å². The number of benzene rings is 1. The lowest BCUT2D eigenvalue weighted by atomic mass is 9.74. The molecule has 1 saturated heterocycles. The zero-order valence-corrected chi connectivity index (χ0v) is 14.8. The molecular weight excluding hydrogens is 339 g/mol. The molecule has 132 valence electrons. The SMILES string of the molecule is O=C(NC1CCOC2(CCC2)C1)c1csc(Cc2ccc(F)cc2)n1. The number of hydrogen-bond acceptors (Lipinski definition) is 4. The van der Waals surface area contributed by atoms with Gasteiger partial charge < -0.3 is 10.1 Å². The number of aromatic nitrogens is 1. The molecule has 6 heteroatoms. The normalized spacial score (nSPS) is 21.7. The first-order valence-electron chi connectivity index (χ1n) is 8.76. The highest BCUT2D eigenvalue weighted by Gasteiger charge is 2.42. The molecule has 1 aromatic carbocycles. The van der Waals surface area contributed by atoms with Gasteiger partial charge in [-0.25, -0.2) is 9.37 Å². The summed E-state index contributed by atoms with van der Waals surface area (Å²) in [6.45, 7) is 0.720. The standard InChI is InChI=1S/C19H21FN2O2S/c20-14-4-2-13(3-5-14)10-17-22-16(12-25-17)18(23)21-15-6-9-24-19(11-15)7-1-8-19/h2-5,12,15H,1,6-11H2,(H,21,23). The van der Waals surface area contributed by atoms with Crippen LogP contribution >= 0.6 is 11.3 Å². The molecule has 0 radical (unpaired) electrons. The van der Waals surface area contributed by atoms with Crippen LogP contribution in [-0.2, 0) is 11.2 Å². The number of nitrogens with one attached hydrogen (secondary N) is 1. The zero-order valence-electron chi connectivity index (χ0n) is 14.0. The molecule has 0 bridgehead atoms. The van der Waals surface area contributed by atoms with Crippen molar-refractivity contribution < 1.29 is 13.9 Å². The molecule has 4 rings (SSSR count). The topological polar surface area (TPSA) is 51.2 Å². The van der Waals surface area contributed by atoms with Crippen LogP contribution in [0.3, 0.4) is 0 Å². The van der Waals surface area contributed by atoms with Gasteiger partial charge in [-0.2, -0.15) is 0 Å². The molecule has 2 fully saturated rings. The molecule has 2 aliphatic rings. The number of thiazole rings is 1. The van der Waals surface area contributed by atoms with Gasteiger partial charge in [0.05, 0.1) is 10.6 Å². The van der Waals surface area contributed by atoms with Crippen LogP contribution in [0.2, 0.25) is 0 Å². The van der Waals surface area contributed by atoms with Gasteiger partial charge in [0.15, 0.2) is 0 Å². The molecule has 1 aromatic heterocycles. The fraction of sp³-hybridized carbons (Fsp3) is 0.474. The molecule has 25 heavy (non-hydrogen) atoms. The smallest absolute Gasteiger partial charge is 0.270 e. The highest BCUT2D eigenvalue weighted by molar-refractivity contribution is 7.09. The molecule has 1 aliphatic heterocycles. The summed E-state index contributed by atoms with van der Waals surface area (Å²) >= 11 is 1.46. The Hall–Kier alpha value is -1.79. The molecule has 4 nitrogen and oxygen atoms in total. The van der Waals surface area contributed by atoms with Crippen LogP contribution < -0.4 is 5.32 Å². The zero-order chi connectivity index (χ0) is 17.3. The minimum absolute atomic E-state index is 0.0199. The first-order valence-corrected chi connectivity index (χ1v) is 9.64. The lowest BCUT2D eigenvalue weighted by Crippen LogP contribution is -2.52. The van der Waals surface area contributed by atoms with Crippen molar-refractivity contribution in [2.75, 3.05) is 6.61 Å². The van der Waals surface area contributed by atoms with Gasteiger partial charge in [-0.15, -0.1) is 11.3 Å². The van der Waals surface area contributed by atoms with Crippen LogP contribution in [0.1, 0.15) is 53.2 Å². The van der Waals surface area contributed by atoms with E-state index in [1.807, 2.05) is 0 Å². The second-order valence-corrected chi connectivity index (χ2v) is 7.92. The van der Waals surface area contributed by atoms with Crippen molar-refractivity contribution >= 4 is 17.2 Å². The van der Waals surface area contributed by atoms with Crippen LogP contribution in [-0.4, -0.2) is 29.1 Å². The van der Waals surface area contributed by atoms with E-state index in [1.54, 1.807) is 17.5 Å². The van der Waals surface area contributed by atoms with Crippen LogP contribution in [0.5, 0.6) is 0 Å². The van der Waals surface area contributed by atoms with Gasteiger partial charge >= 0.3 is 0 Å². The Kier molecular flexibility index (Phi) is 4.56. The van der Waals surface area contributed by atoms with Gasteiger partial charge in [-0.1, -0.05) is 12.1 Å². The third-order valence-corrected chi connectivity index (χ3v) is 5.99. The maximum absolute atomic E-state index is 13.0. The van der Waals surface area contributed by atoms with Gasteiger partial charge in [0, 0.05) is 24.4 Å². The van der Waals surface area contributed by atoms with Crippen molar-refractivity contribution in [1.82, 2.24) is 10.3 Å². The lowest BCUT2D eigenvalue weighted by molar-refractivity contribution is -0.134. The van der Waals surface area contributed by atoms with Gasteiger partial charge in [-0.05, 0) is 49.8 Å². The third kappa shape index (κ3) is 3.75.